The van der Waals surface area contributed by atoms with Crippen molar-refractivity contribution in [2.45, 2.75) is 0 Å². The maximum absolute atomic E-state index is 12.9. The van der Waals surface area contributed by atoms with E-state index in [0.717, 1.165) is 0 Å². The van der Waals surface area contributed by atoms with Crippen molar-refractivity contribution in [3.05, 3.63) is 99.4 Å². The summed E-state index contributed by atoms with van der Waals surface area (Å²) in [4.78, 5) is 34.4. The van der Waals surface area contributed by atoms with Crippen LogP contribution in [-0.2, 0) is 0 Å². The van der Waals surface area contributed by atoms with Gasteiger partial charge in [-0.3, -0.25) is 14.9 Å². The number of benzene rings is 3. The maximum atomic E-state index is 12.9. The minimum Gasteiger partial charge on any atom is -0.493 e. The first-order valence-electron chi connectivity index (χ1n) is 9.11. The summed E-state index contributed by atoms with van der Waals surface area (Å²) in [5, 5.41) is 14.6. The summed E-state index contributed by atoms with van der Waals surface area (Å²) in [5.74, 6) is -1.32. The van der Waals surface area contributed by atoms with E-state index in [4.69, 9.17) is 9.47 Å². The molecular weight excluding hydrogens is 421 g/mol. The molecular formula is C22H16FN3O6. The molecule has 0 aliphatic heterocycles. The van der Waals surface area contributed by atoms with Gasteiger partial charge < -0.3 is 9.47 Å². The lowest BCUT2D eigenvalue weighted by Gasteiger charge is -2.10. The molecule has 0 saturated heterocycles. The van der Waals surface area contributed by atoms with Gasteiger partial charge in [-0.15, -0.1) is 0 Å². The van der Waals surface area contributed by atoms with Gasteiger partial charge in [-0.1, -0.05) is 0 Å². The maximum Gasteiger partial charge on any atom is 0.343 e. The van der Waals surface area contributed by atoms with Crippen LogP contribution in [0, 0.1) is 15.9 Å². The van der Waals surface area contributed by atoms with Crippen LogP contribution < -0.4 is 14.9 Å². The van der Waals surface area contributed by atoms with Gasteiger partial charge in [0.15, 0.2) is 11.5 Å². The van der Waals surface area contributed by atoms with Crippen molar-refractivity contribution in [3.8, 4) is 11.5 Å². The van der Waals surface area contributed by atoms with Crippen LogP contribution in [0.5, 0.6) is 11.5 Å². The molecule has 0 atom stereocenters. The molecule has 0 aliphatic carbocycles. The van der Waals surface area contributed by atoms with Crippen molar-refractivity contribution < 1.29 is 28.4 Å². The highest BCUT2D eigenvalue weighted by atomic mass is 19.1. The van der Waals surface area contributed by atoms with Crippen LogP contribution in [0.3, 0.4) is 0 Å². The summed E-state index contributed by atoms with van der Waals surface area (Å²) in [6.45, 7) is 0. The Morgan fingerprint density at radius 3 is 2.28 bits per heavy atom. The summed E-state index contributed by atoms with van der Waals surface area (Å²) in [5.41, 5.74) is 3.09. The second-order valence-electron chi connectivity index (χ2n) is 6.31. The highest BCUT2D eigenvalue weighted by Gasteiger charge is 2.14. The van der Waals surface area contributed by atoms with E-state index in [0.29, 0.717) is 5.56 Å². The van der Waals surface area contributed by atoms with Crippen molar-refractivity contribution in [1.82, 2.24) is 5.43 Å². The van der Waals surface area contributed by atoms with Crippen LogP contribution in [0.15, 0.2) is 71.8 Å². The molecule has 0 radical (unpaired) electrons. The largest absolute Gasteiger partial charge is 0.493 e. The SMILES string of the molecule is COc1cc(/C=N\NC(=O)c2ccc(F)cc2)ccc1OC(=O)c1ccc([N+](=O)[O-])cc1. The molecule has 1 N–H and O–H groups in total. The smallest absolute Gasteiger partial charge is 0.343 e. The Balaban J connectivity index is 1.66. The molecule has 0 spiro atoms. The van der Waals surface area contributed by atoms with Crippen molar-refractivity contribution >= 4 is 23.8 Å². The summed E-state index contributed by atoms with van der Waals surface area (Å²) < 4.78 is 23.5. The molecule has 0 unspecified atom stereocenters. The second-order valence-corrected chi connectivity index (χ2v) is 6.31. The van der Waals surface area contributed by atoms with Crippen molar-refractivity contribution in [2.75, 3.05) is 7.11 Å². The number of hydrazone groups is 1. The minimum atomic E-state index is -0.717. The lowest BCUT2D eigenvalue weighted by Crippen LogP contribution is -2.17. The van der Waals surface area contributed by atoms with E-state index in [1.807, 2.05) is 0 Å². The number of nitro benzene ring substituents is 1. The average Bonchev–Trinajstić information content (AvgIpc) is 2.80. The quantitative estimate of drug-likeness (QED) is 0.198. The van der Waals surface area contributed by atoms with Gasteiger partial charge in [0.25, 0.3) is 11.6 Å². The second kappa shape index (κ2) is 9.94. The number of nitro groups is 1. The molecule has 9 nitrogen and oxygen atoms in total. The number of hydrogen-bond acceptors (Lipinski definition) is 7. The number of halogens is 1. The lowest BCUT2D eigenvalue weighted by atomic mass is 10.2. The number of methoxy groups -OCH3 is 1. The molecule has 0 aromatic heterocycles. The third-order valence-corrected chi connectivity index (χ3v) is 4.19. The molecule has 1 amide bonds. The zero-order valence-electron chi connectivity index (χ0n) is 16.7. The van der Waals surface area contributed by atoms with Gasteiger partial charge in [-0.05, 0) is 60.2 Å². The topological polar surface area (TPSA) is 120 Å². The number of nitrogens with one attached hydrogen (secondary N) is 1. The molecule has 0 bridgehead atoms. The average molecular weight is 437 g/mol. The first-order chi connectivity index (χ1) is 15.4. The summed E-state index contributed by atoms with van der Waals surface area (Å²) in [6.07, 6.45) is 1.35. The van der Waals surface area contributed by atoms with Crippen molar-refractivity contribution in [1.29, 1.82) is 0 Å². The molecule has 0 heterocycles. The third kappa shape index (κ3) is 5.51. The zero-order valence-corrected chi connectivity index (χ0v) is 16.7. The van der Waals surface area contributed by atoms with E-state index in [-0.39, 0.29) is 28.3 Å². The van der Waals surface area contributed by atoms with Gasteiger partial charge in [0.1, 0.15) is 5.82 Å². The van der Waals surface area contributed by atoms with Crippen LogP contribution in [0.4, 0.5) is 10.1 Å². The Hall–Kier alpha value is -4.60. The number of amides is 1. The minimum absolute atomic E-state index is 0.128. The van der Waals surface area contributed by atoms with Crippen LogP contribution in [0.1, 0.15) is 26.3 Å². The summed E-state index contributed by atoms with van der Waals surface area (Å²) in [7, 11) is 1.38. The Morgan fingerprint density at radius 1 is 1.00 bits per heavy atom. The normalized spacial score (nSPS) is 10.6. The molecule has 0 fully saturated rings. The molecule has 3 rings (SSSR count). The Labute approximate surface area is 181 Å². The molecule has 32 heavy (non-hydrogen) atoms. The number of rotatable bonds is 7. The van der Waals surface area contributed by atoms with Gasteiger partial charge >= 0.3 is 5.97 Å². The molecule has 0 saturated carbocycles. The van der Waals surface area contributed by atoms with E-state index in [1.165, 1.54) is 74.0 Å². The number of nitrogens with zero attached hydrogens (tertiary/aromatic N) is 2. The fourth-order valence-corrected chi connectivity index (χ4v) is 2.56. The number of carbonyl (C=O) groups is 2. The molecule has 10 heteroatoms. The van der Waals surface area contributed by atoms with Gasteiger partial charge in [0.2, 0.25) is 0 Å². The fourth-order valence-electron chi connectivity index (χ4n) is 2.56. The highest BCUT2D eigenvalue weighted by Crippen LogP contribution is 2.28. The predicted octanol–water partition coefficient (Wildman–Crippen LogP) is 3.73. The number of esters is 1. The van der Waals surface area contributed by atoms with E-state index >= 15 is 0 Å². The molecule has 3 aromatic rings. The first-order valence-corrected chi connectivity index (χ1v) is 9.11. The molecule has 3 aromatic carbocycles. The van der Waals surface area contributed by atoms with Crippen molar-refractivity contribution in [2.24, 2.45) is 5.10 Å². The van der Waals surface area contributed by atoms with Crippen LogP contribution in [0.2, 0.25) is 0 Å². The van der Waals surface area contributed by atoms with Crippen LogP contribution in [-0.4, -0.2) is 30.1 Å². The van der Waals surface area contributed by atoms with Crippen LogP contribution >= 0.6 is 0 Å². The number of ether oxygens (including phenoxy) is 2. The third-order valence-electron chi connectivity index (χ3n) is 4.19. The van der Waals surface area contributed by atoms with E-state index in [2.05, 4.69) is 10.5 Å². The lowest BCUT2D eigenvalue weighted by molar-refractivity contribution is -0.384. The van der Waals surface area contributed by atoms with E-state index in [1.54, 1.807) is 6.07 Å². The van der Waals surface area contributed by atoms with Gasteiger partial charge in [-0.2, -0.15) is 5.10 Å². The summed E-state index contributed by atoms with van der Waals surface area (Å²) >= 11 is 0. The number of carbonyl (C=O) groups excluding carboxylic acids is 2. The van der Waals surface area contributed by atoms with Gasteiger partial charge in [-0.25, -0.2) is 14.6 Å². The molecule has 162 valence electrons. The van der Waals surface area contributed by atoms with Crippen molar-refractivity contribution in [3.63, 3.8) is 0 Å². The van der Waals surface area contributed by atoms with E-state index in [9.17, 15) is 24.1 Å². The van der Waals surface area contributed by atoms with Gasteiger partial charge in [0.05, 0.1) is 23.8 Å². The number of non-ortho nitro benzene ring substituents is 1. The van der Waals surface area contributed by atoms with E-state index < -0.39 is 22.6 Å². The summed E-state index contributed by atoms with van der Waals surface area (Å²) in [6, 6.07) is 14.6. The Bertz CT molecular complexity index is 1180. The first kappa shape index (κ1) is 22.1. The fraction of sp³-hybridized carbons (Fsp3) is 0.0455. The monoisotopic (exact) mass is 437 g/mol. The van der Waals surface area contributed by atoms with Gasteiger partial charge in [0, 0.05) is 17.7 Å². The van der Waals surface area contributed by atoms with Crippen LogP contribution in [0.25, 0.3) is 0 Å². The predicted molar refractivity (Wildman–Crippen MR) is 113 cm³/mol. The molecule has 0 aliphatic rings. The highest BCUT2D eigenvalue weighted by molar-refractivity contribution is 5.95. The Morgan fingerprint density at radius 2 is 1.66 bits per heavy atom. The standard InChI is InChI=1S/C22H16FN3O6/c1-31-20-12-14(13-24-25-21(27)15-3-7-17(23)8-4-15)2-11-19(20)32-22(28)16-5-9-18(10-6-16)26(29)30/h2-13H,1H3,(H,25,27)/b24-13-. The Kier molecular flexibility index (Phi) is 6.86. The number of hydrogen-bond donors (Lipinski definition) is 1. The zero-order chi connectivity index (χ0) is 23.1.